The lowest BCUT2D eigenvalue weighted by atomic mass is 9.89. The summed E-state index contributed by atoms with van der Waals surface area (Å²) in [5.41, 5.74) is 3.11. The third-order valence-corrected chi connectivity index (χ3v) is 6.27. The van der Waals surface area contributed by atoms with Crippen LogP contribution < -0.4 is 14.8 Å². The number of rotatable bonds is 7. The zero-order valence-electron chi connectivity index (χ0n) is 17.9. The molecule has 0 unspecified atom stereocenters. The number of aromatic amines is 1. The fourth-order valence-corrected chi connectivity index (χ4v) is 4.48. The lowest BCUT2D eigenvalue weighted by Gasteiger charge is -2.31. The number of amides is 1. The number of hydrogen-bond acceptors (Lipinski definition) is 4. The summed E-state index contributed by atoms with van der Waals surface area (Å²) >= 11 is 6.04. The molecule has 2 aromatic carbocycles. The Morgan fingerprint density at radius 1 is 1.16 bits per heavy atom. The fraction of sp³-hybridized carbons (Fsp3) is 0.375. The molecule has 7 heteroatoms. The highest BCUT2D eigenvalue weighted by Gasteiger charge is 2.23. The van der Waals surface area contributed by atoms with E-state index in [0.717, 1.165) is 43.7 Å². The molecule has 1 aliphatic heterocycles. The van der Waals surface area contributed by atoms with Crippen LogP contribution in [-0.2, 0) is 4.79 Å². The van der Waals surface area contributed by atoms with Gasteiger partial charge in [0.2, 0.25) is 5.91 Å². The molecule has 0 aliphatic carbocycles. The van der Waals surface area contributed by atoms with Gasteiger partial charge in [0.05, 0.1) is 19.9 Å². The van der Waals surface area contributed by atoms with Crippen molar-refractivity contribution in [3.63, 3.8) is 0 Å². The van der Waals surface area contributed by atoms with Gasteiger partial charge in [-0.2, -0.15) is 0 Å². The van der Waals surface area contributed by atoms with E-state index in [1.807, 2.05) is 6.07 Å². The molecule has 0 bridgehead atoms. The van der Waals surface area contributed by atoms with E-state index in [-0.39, 0.29) is 5.91 Å². The van der Waals surface area contributed by atoms with Crippen LogP contribution in [0.4, 0.5) is 5.69 Å². The zero-order chi connectivity index (χ0) is 21.8. The minimum Gasteiger partial charge on any atom is -0.497 e. The third kappa shape index (κ3) is 4.97. The second kappa shape index (κ2) is 9.62. The largest absolute Gasteiger partial charge is 0.497 e. The van der Waals surface area contributed by atoms with E-state index in [4.69, 9.17) is 21.1 Å². The number of nitrogens with one attached hydrogen (secondary N) is 2. The quantitative estimate of drug-likeness (QED) is 0.538. The predicted octanol–water partition coefficient (Wildman–Crippen LogP) is 5.05. The lowest BCUT2D eigenvalue weighted by molar-refractivity contribution is -0.116. The maximum absolute atomic E-state index is 12.4. The van der Waals surface area contributed by atoms with Gasteiger partial charge in [-0.3, -0.25) is 4.79 Å². The third-order valence-electron chi connectivity index (χ3n) is 6.04. The van der Waals surface area contributed by atoms with E-state index in [9.17, 15) is 4.79 Å². The number of benzene rings is 2. The van der Waals surface area contributed by atoms with Crippen LogP contribution in [-0.4, -0.2) is 49.6 Å². The lowest BCUT2D eigenvalue weighted by Crippen LogP contribution is -2.35. The standard InChI is InChI=1S/C24H28ClN3O3/c1-30-18-4-5-21-19(14-18)20(15-26-21)16-7-10-28(11-8-16)12-9-24(29)27-22-13-17(25)3-6-23(22)31-2/h3-6,13-16,26H,7-12H2,1-2H3,(H,27,29). The molecule has 164 valence electrons. The Kier molecular flexibility index (Phi) is 6.68. The summed E-state index contributed by atoms with van der Waals surface area (Å²) in [4.78, 5) is 18.2. The number of methoxy groups -OCH3 is 2. The first kappa shape index (κ1) is 21.5. The van der Waals surface area contributed by atoms with Gasteiger partial charge in [-0.05, 0) is 73.8 Å². The van der Waals surface area contributed by atoms with Crippen molar-refractivity contribution in [1.29, 1.82) is 0 Å². The molecule has 6 nitrogen and oxygen atoms in total. The van der Waals surface area contributed by atoms with Gasteiger partial charge < -0.3 is 24.7 Å². The van der Waals surface area contributed by atoms with Gasteiger partial charge in [-0.15, -0.1) is 0 Å². The van der Waals surface area contributed by atoms with E-state index in [1.165, 1.54) is 10.9 Å². The van der Waals surface area contributed by atoms with Crippen molar-refractivity contribution in [2.75, 3.05) is 39.2 Å². The number of halogens is 1. The van der Waals surface area contributed by atoms with Gasteiger partial charge >= 0.3 is 0 Å². The molecule has 1 fully saturated rings. The van der Waals surface area contributed by atoms with Gasteiger partial charge in [0.15, 0.2) is 0 Å². The average Bonchev–Trinajstić information content (AvgIpc) is 3.21. The molecule has 1 aliphatic rings. The van der Waals surface area contributed by atoms with Crippen LogP contribution >= 0.6 is 11.6 Å². The van der Waals surface area contributed by atoms with Gasteiger partial charge in [-0.1, -0.05) is 11.6 Å². The Morgan fingerprint density at radius 2 is 1.97 bits per heavy atom. The molecule has 2 N–H and O–H groups in total. The number of carbonyl (C=O) groups is 1. The summed E-state index contributed by atoms with van der Waals surface area (Å²) in [7, 11) is 3.28. The van der Waals surface area contributed by atoms with Crippen LogP contribution in [0, 0.1) is 0 Å². The van der Waals surface area contributed by atoms with Crippen molar-refractivity contribution in [2.24, 2.45) is 0 Å². The summed E-state index contributed by atoms with van der Waals surface area (Å²) in [5, 5.41) is 4.72. The Labute approximate surface area is 187 Å². The van der Waals surface area contributed by atoms with E-state index in [1.54, 1.807) is 32.4 Å². The summed E-state index contributed by atoms with van der Waals surface area (Å²) in [5.74, 6) is 1.97. The van der Waals surface area contributed by atoms with Crippen molar-refractivity contribution in [2.45, 2.75) is 25.2 Å². The topological polar surface area (TPSA) is 66.6 Å². The van der Waals surface area contributed by atoms with Crippen LogP contribution in [0.3, 0.4) is 0 Å². The normalized spacial score (nSPS) is 15.2. The van der Waals surface area contributed by atoms with Crippen molar-refractivity contribution in [1.82, 2.24) is 9.88 Å². The van der Waals surface area contributed by atoms with E-state index in [0.29, 0.717) is 28.8 Å². The van der Waals surface area contributed by atoms with E-state index >= 15 is 0 Å². The van der Waals surface area contributed by atoms with Crippen LogP contribution in [0.2, 0.25) is 5.02 Å². The smallest absolute Gasteiger partial charge is 0.225 e. The molecule has 1 aromatic heterocycles. The Hall–Kier alpha value is -2.70. The summed E-state index contributed by atoms with van der Waals surface area (Å²) < 4.78 is 10.7. The first-order valence-corrected chi connectivity index (χ1v) is 11.0. The van der Waals surface area contributed by atoms with Crippen LogP contribution in [0.1, 0.15) is 30.7 Å². The van der Waals surface area contributed by atoms with Gasteiger partial charge in [0, 0.05) is 35.1 Å². The number of anilines is 1. The number of aromatic nitrogens is 1. The van der Waals surface area contributed by atoms with E-state index < -0.39 is 0 Å². The van der Waals surface area contributed by atoms with Crippen LogP contribution in [0.5, 0.6) is 11.5 Å². The highest BCUT2D eigenvalue weighted by molar-refractivity contribution is 6.31. The van der Waals surface area contributed by atoms with Gasteiger partial charge in [0.1, 0.15) is 11.5 Å². The Balaban J connectivity index is 1.30. The Bertz CT molecular complexity index is 1060. The first-order chi connectivity index (χ1) is 15.1. The Morgan fingerprint density at radius 3 is 2.71 bits per heavy atom. The fourth-order valence-electron chi connectivity index (χ4n) is 4.30. The maximum atomic E-state index is 12.4. The number of piperidine rings is 1. The van der Waals surface area contributed by atoms with Crippen LogP contribution in [0.25, 0.3) is 10.9 Å². The number of ether oxygens (including phenoxy) is 2. The monoisotopic (exact) mass is 441 g/mol. The highest BCUT2D eigenvalue weighted by Crippen LogP contribution is 2.34. The molecule has 0 atom stereocenters. The number of fused-ring (bicyclic) bond motifs is 1. The summed E-state index contributed by atoms with van der Waals surface area (Å²) in [6.45, 7) is 2.70. The van der Waals surface area contributed by atoms with Crippen molar-refractivity contribution in [3.8, 4) is 11.5 Å². The molecule has 1 saturated heterocycles. The molecule has 2 heterocycles. The molecule has 31 heavy (non-hydrogen) atoms. The van der Waals surface area contributed by atoms with Crippen molar-refractivity contribution in [3.05, 3.63) is 53.2 Å². The second-order valence-corrected chi connectivity index (χ2v) is 8.35. The second-order valence-electron chi connectivity index (χ2n) is 7.91. The molecule has 3 aromatic rings. The summed E-state index contributed by atoms with van der Waals surface area (Å²) in [6, 6.07) is 11.4. The SMILES string of the molecule is COc1ccc2[nH]cc(C3CCN(CCC(=O)Nc4cc(Cl)ccc4OC)CC3)c2c1. The van der Waals surface area contributed by atoms with Gasteiger partial charge in [0.25, 0.3) is 0 Å². The number of hydrogen-bond donors (Lipinski definition) is 2. The van der Waals surface area contributed by atoms with Crippen LogP contribution in [0.15, 0.2) is 42.6 Å². The maximum Gasteiger partial charge on any atom is 0.225 e. The number of H-pyrrole nitrogens is 1. The number of likely N-dealkylation sites (tertiary alicyclic amines) is 1. The average molecular weight is 442 g/mol. The number of carbonyl (C=O) groups excluding carboxylic acids is 1. The molecular formula is C24H28ClN3O3. The summed E-state index contributed by atoms with van der Waals surface area (Å²) in [6.07, 6.45) is 4.72. The molecule has 0 saturated carbocycles. The van der Waals surface area contributed by atoms with Gasteiger partial charge in [-0.25, -0.2) is 0 Å². The zero-order valence-corrected chi connectivity index (χ0v) is 18.7. The minimum absolute atomic E-state index is 0.0357. The highest BCUT2D eigenvalue weighted by atomic mass is 35.5. The van der Waals surface area contributed by atoms with E-state index in [2.05, 4.69) is 33.5 Å². The number of nitrogens with zero attached hydrogens (tertiary/aromatic N) is 1. The molecule has 0 radical (unpaired) electrons. The minimum atomic E-state index is -0.0357. The molecule has 1 amide bonds. The first-order valence-electron chi connectivity index (χ1n) is 10.6. The molecule has 0 spiro atoms. The molecular weight excluding hydrogens is 414 g/mol. The van der Waals surface area contributed by atoms with Crippen molar-refractivity contribution >= 4 is 34.1 Å². The molecule has 4 rings (SSSR count). The predicted molar refractivity (Wildman–Crippen MR) is 125 cm³/mol. The van der Waals surface area contributed by atoms with Crippen molar-refractivity contribution < 1.29 is 14.3 Å².